The van der Waals surface area contributed by atoms with Gasteiger partial charge < -0.3 is 10.2 Å². The second-order valence-electron chi connectivity index (χ2n) is 1.70. The van der Waals surface area contributed by atoms with Crippen LogP contribution in [0.3, 0.4) is 0 Å². The molecule has 0 heterocycles. The third kappa shape index (κ3) is 5.57. The van der Waals surface area contributed by atoms with Gasteiger partial charge in [-0.3, -0.25) is 0 Å². The Morgan fingerprint density at radius 1 is 1.25 bits per heavy atom. The maximum absolute atomic E-state index is 8.34. The second kappa shape index (κ2) is 7.90. The molecule has 0 bridgehead atoms. The van der Waals surface area contributed by atoms with Crippen molar-refractivity contribution in [3.63, 3.8) is 0 Å². The summed E-state index contributed by atoms with van der Waals surface area (Å²) in [5, 5.41) is 17.7. The predicted octanol–water partition coefficient (Wildman–Crippen LogP) is 1.78. The van der Waals surface area contributed by atoms with Crippen LogP contribution in [0.4, 0.5) is 0 Å². The zero-order valence-corrected chi connectivity index (χ0v) is 6.75. The van der Waals surface area contributed by atoms with Gasteiger partial charge in [0, 0.05) is 0 Å². The van der Waals surface area contributed by atoms with E-state index >= 15 is 0 Å². The molecule has 69 valence electrons. The molecule has 1 radical (unpaired) electrons. The van der Waals surface area contributed by atoms with E-state index in [1.807, 2.05) is 6.92 Å². The summed E-state index contributed by atoms with van der Waals surface area (Å²) in [5.41, 5.74) is 0. The van der Waals surface area contributed by atoms with Gasteiger partial charge in [0.2, 0.25) is 0 Å². The van der Waals surface area contributed by atoms with Gasteiger partial charge in [-0.1, -0.05) is 6.92 Å². The monoisotopic (exact) mass is 174 g/mol. The highest BCUT2D eigenvalue weighted by molar-refractivity contribution is 4.78. The predicted molar refractivity (Wildman–Crippen MR) is 42.1 cm³/mol. The fourth-order valence-corrected chi connectivity index (χ4v) is 0.379. The van der Waals surface area contributed by atoms with Crippen LogP contribution in [0.25, 0.3) is 0 Å². The summed E-state index contributed by atoms with van der Waals surface area (Å²) >= 11 is 0. The van der Waals surface area contributed by atoms with Crippen LogP contribution < -0.4 is 0 Å². The van der Waals surface area contributed by atoms with Crippen LogP contribution in [-0.4, -0.2) is 15.3 Å². The normalized spacial score (nSPS) is 11.4. The van der Waals surface area contributed by atoms with Gasteiger partial charge >= 0.3 is 0 Å². The molecular weight excluding hydrogens is 162 g/mol. The van der Waals surface area contributed by atoms with E-state index in [0.29, 0.717) is 6.42 Å². The van der Waals surface area contributed by atoms with E-state index in [-0.39, 0.29) is 0 Å². The Hall–Kier alpha value is -1.20. The third-order valence-electron chi connectivity index (χ3n) is 0.791. The Morgan fingerprint density at radius 3 is 2.25 bits per heavy atom. The molecule has 5 nitrogen and oxygen atoms in total. The lowest BCUT2D eigenvalue weighted by Gasteiger charge is -2.10. The number of nitrogens with zero attached hydrogens (tertiary/aromatic N) is 1. The van der Waals surface area contributed by atoms with Crippen molar-refractivity contribution in [1.82, 2.24) is 5.06 Å². The SMILES string of the molecule is CC[CH]OON(C=CO)C=CO. The van der Waals surface area contributed by atoms with Crippen molar-refractivity contribution < 1.29 is 20.1 Å². The average molecular weight is 174 g/mol. The number of aliphatic hydroxyl groups is 2. The first-order chi connectivity index (χ1) is 5.85. The van der Waals surface area contributed by atoms with Gasteiger partial charge in [0.1, 0.15) is 6.61 Å². The summed E-state index contributed by atoms with van der Waals surface area (Å²) in [6, 6.07) is 0. The van der Waals surface area contributed by atoms with Crippen LogP contribution >= 0.6 is 0 Å². The van der Waals surface area contributed by atoms with Gasteiger partial charge in [0.05, 0.1) is 24.9 Å². The molecule has 0 saturated heterocycles. The standard InChI is InChI=1S/C7H12NO4/c1-2-7-11-12-8(3-5-9)4-6-10/h3-7,9-10H,2H2,1H3. The Morgan fingerprint density at radius 2 is 1.83 bits per heavy atom. The summed E-state index contributed by atoms with van der Waals surface area (Å²) < 4.78 is 0. The van der Waals surface area contributed by atoms with Crippen molar-refractivity contribution in [2.75, 3.05) is 0 Å². The Balaban J connectivity index is 3.63. The molecule has 0 atom stereocenters. The summed E-state index contributed by atoms with van der Waals surface area (Å²) in [6.07, 6.45) is 4.48. The third-order valence-corrected chi connectivity index (χ3v) is 0.791. The first-order valence-electron chi connectivity index (χ1n) is 3.40. The largest absolute Gasteiger partial charge is 0.514 e. The number of hydroxylamine groups is 2. The molecule has 0 spiro atoms. The van der Waals surface area contributed by atoms with Crippen LogP contribution in [0, 0.1) is 6.61 Å². The number of hydrogen-bond donors (Lipinski definition) is 2. The first kappa shape index (κ1) is 10.8. The van der Waals surface area contributed by atoms with Crippen molar-refractivity contribution in [2.24, 2.45) is 0 Å². The molecule has 0 aromatic carbocycles. The molecule has 0 saturated carbocycles. The van der Waals surface area contributed by atoms with Gasteiger partial charge in [0.15, 0.2) is 0 Å². The maximum atomic E-state index is 8.34. The Labute approximate surface area is 71.0 Å². The molecule has 0 aliphatic rings. The highest BCUT2D eigenvalue weighted by Gasteiger charge is 1.94. The van der Waals surface area contributed by atoms with Crippen LogP contribution in [-0.2, 0) is 9.88 Å². The van der Waals surface area contributed by atoms with Crippen molar-refractivity contribution in [3.05, 3.63) is 31.5 Å². The highest BCUT2D eigenvalue weighted by Crippen LogP contribution is 1.97. The molecule has 2 N–H and O–H groups in total. The fraction of sp³-hybridized carbons (Fsp3) is 0.286. The maximum Gasteiger partial charge on any atom is 0.125 e. The van der Waals surface area contributed by atoms with Crippen molar-refractivity contribution in [2.45, 2.75) is 13.3 Å². The van der Waals surface area contributed by atoms with E-state index in [9.17, 15) is 0 Å². The van der Waals surface area contributed by atoms with Gasteiger partial charge in [-0.2, -0.15) is 5.06 Å². The number of hydrogen-bond acceptors (Lipinski definition) is 5. The molecule has 0 aliphatic heterocycles. The topological polar surface area (TPSA) is 62.2 Å². The quantitative estimate of drug-likeness (QED) is 0.278. The lowest BCUT2D eigenvalue weighted by molar-refractivity contribution is -0.377. The van der Waals surface area contributed by atoms with E-state index in [1.54, 1.807) is 0 Å². The van der Waals surface area contributed by atoms with Gasteiger partial charge in [-0.25, -0.2) is 4.89 Å². The fourth-order valence-electron chi connectivity index (χ4n) is 0.379. The summed E-state index contributed by atoms with van der Waals surface area (Å²) in [5.74, 6) is 0. The summed E-state index contributed by atoms with van der Waals surface area (Å²) in [6.45, 7) is 3.29. The van der Waals surface area contributed by atoms with Gasteiger partial charge in [-0.15, -0.1) is 4.99 Å². The van der Waals surface area contributed by atoms with Crippen molar-refractivity contribution >= 4 is 0 Å². The Bertz CT molecular complexity index is 134. The average Bonchev–Trinajstić information content (AvgIpc) is 2.06. The minimum absolute atomic E-state index is 0.694. The van der Waals surface area contributed by atoms with Gasteiger partial charge in [-0.05, 0) is 6.42 Å². The number of aliphatic hydroxyl groups excluding tert-OH is 2. The van der Waals surface area contributed by atoms with E-state index in [1.165, 1.54) is 6.61 Å². The molecule has 0 aliphatic carbocycles. The molecule has 0 unspecified atom stereocenters. The molecular formula is C7H12NO4. The molecule has 5 heteroatoms. The zero-order chi connectivity index (χ0) is 9.23. The number of rotatable bonds is 6. The molecule has 0 amide bonds. The van der Waals surface area contributed by atoms with E-state index < -0.39 is 0 Å². The lowest BCUT2D eigenvalue weighted by atomic mass is 10.5. The Kier molecular flexibility index (Phi) is 7.11. The minimum Gasteiger partial charge on any atom is -0.514 e. The van der Waals surface area contributed by atoms with Crippen molar-refractivity contribution in [1.29, 1.82) is 0 Å². The second-order valence-corrected chi connectivity index (χ2v) is 1.70. The van der Waals surface area contributed by atoms with E-state index in [0.717, 1.165) is 30.0 Å². The smallest absolute Gasteiger partial charge is 0.125 e. The van der Waals surface area contributed by atoms with Crippen LogP contribution in [0.2, 0.25) is 0 Å². The lowest BCUT2D eigenvalue weighted by Crippen LogP contribution is -2.10. The van der Waals surface area contributed by atoms with E-state index in [4.69, 9.17) is 10.2 Å². The highest BCUT2D eigenvalue weighted by atomic mass is 17.3. The molecule has 12 heavy (non-hydrogen) atoms. The van der Waals surface area contributed by atoms with Crippen LogP contribution in [0.5, 0.6) is 0 Å². The molecule has 0 aromatic heterocycles. The zero-order valence-electron chi connectivity index (χ0n) is 6.75. The molecule has 0 aromatic rings. The van der Waals surface area contributed by atoms with E-state index in [2.05, 4.69) is 9.88 Å². The summed E-state index contributed by atoms with van der Waals surface area (Å²) in [7, 11) is 0. The van der Waals surface area contributed by atoms with Crippen molar-refractivity contribution in [3.8, 4) is 0 Å². The summed E-state index contributed by atoms with van der Waals surface area (Å²) in [4.78, 5) is 9.07. The van der Waals surface area contributed by atoms with Crippen LogP contribution in [0.1, 0.15) is 13.3 Å². The molecule has 0 rings (SSSR count). The molecule has 0 fully saturated rings. The van der Waals surface area contributed by atoms with Crippen LogP contribution in [0.15, 0.2) is 24.9 Å². The van der Waals surface area contributed by atoms with Gasteiger partial charge in [0.25, 0.3) is 0 Å². The first-order valence-corrected chi connectivity index (χ1v) is 3.40. The minimum atomic E-state index is 0.694.